The van der Waals surface area contributed by atoms with Gasteiger partial charge in [-0.15, -0.1) is 0 Å². The van der Waals surface area contributed by atoms with Gasteiger partial charge in [0.05, 0.1) is 25.9 Å². The van der Waals surface area contributed by atoms with Crippen LogP contribution in [-0.2, 0) is 21.4 Å². The van der Waals surface area contributed by atoms with Gasteiger partial charge >= 0.3 is 0 Å². The summed E-state index contributed by atoms with van der Waals surface area (Å²) in [4.78, 5) is 15.2. The van der Waals surface area contributed by atoms with E-state index in [0.717, 1.165) is 31.6 Å². The average Bonchev–Trinajstić information content (AvgIpc) is 2.71. The van der Waals surface area contributed by atoms with E-state index in [-0.39, 0.29) is 30.1 Å². The number of likely N-dealkylation sites (N-methyl/N-ethyl adjacent to an activating group) is 1. The molecule has 6 heteroatoms. The van der Waals surface area contributed by atoms with E-state index in [1.54, 1.807) is 7.11 Å². The first-order valence-electron chi connectivity index (χ1n) is 10.1. The van der Waals surface area contributed by atoms with Gasteiger partial charge in [-0.05, 0) is 56.1 Å². The second-order valence-electron chi connectivity index (χ2n) is 8.34. The maximum atomic E-state index is 12.7. The van der Waals surface area contributed by atoms with Crippen molar-refractivity contribution in [2.75, 3.05) is 41.0 Å². The Morgan fingerprint density at radius 1 is 1.25 bits per heavy atom. The molecule has 3 aliphatic rings. The Morgan fingerprint density at radius 2 is 1.96 bits per heavy atom. The van der Waals surface area contributed by atoms with Gasteiger partial charge < -0.3 is 24.6 Å². The van der Waals surface area contributed by atoms with E-state index < -0.39 is 0 Å². The second-order valence-corrected chi connectivity index (χ2v) is 8.34. The number of carbonyl (C=O) groups is 1. The molecule has 0 amide bonds. The summed E-state index contributed by atoms with van der Waals surface area (Å²) in [6.07, 6.45) is 3.35. The van der Waals surface area contributed by atoms with Crippen LogP contribution >= 0.6 is 0 Å². The predicted octanol–water partition coefficient (Wildman–Crippen LogP) is 1.55. The van der Waals surface area contributed by atoms with E-state index in [9.17, 15) is 4.79 Å². The van der Waals surface area contributed by atoms with E-state index >= 15 is 0 Å². The number of fused-ring (bicyclic) bond motifs is 1. The number of Topliss-reactive ketones (excluding diaryl/α,β-unsaturated/α-hetero) is 1. The van der Waals surface area contributed by atoms with Crippen LogP contribution < -0.4 is 4.74 Å². The highest BCUT2D eigenvalue weighted by Gasteiger charge is 2.66. The molecule has 1 saturated heterocycles. The lowest BCUT2D eigenvalue weighted by molar-refractivity contribution is -0.190. The highest BCUT2D eigenvalue weighted by molar-refractivity contribution is 5.84. The van der Waals surface area contributed by atoms with Gasteiger partial charge in [-0.3, -0.25) is 4.79 Å². The largest absolute Gasteiger partial charge is 0.497 e. The number of rotatable bonds is 3. The Bertz CT molecular complexity index is 721. The molecule has 0 aromatic heterocycles. The van der Waals surface area contributed by atoms with E-state index in [1.807, 2.05) is 13.2 Å². The molecule has 1 saturated carbocycles. The fourth-order valence-corrected chi connectivity index (χ4v) is 5.73. The summed E-state index contributed by atoms with van der Waals surface area (Å²) in [6, 6.07) is 6.71. The van der Waals surface area contributed by atoms with E-state index in [2.05, 4.69) is 31.0 Å². The number of methoxy groups -OCH3 is 2. The Morgan fingerprint density at radius 3 is 2.57 bits per heavy atom. The van der Waals surface area contributed by atoms with Crippen molar-refractivity contribution in [1.82, 2.24) is 4.90 Å². The van der Waals surface area contributed by atoms with Crippen molar-refractivity contribution >= 4 is 5.78 Å². The van der Waals surface area contributed by atoms with Crippen LogP contribution in [0.5, 0.6) is 5.75 Å². The van der Waals surface area contributed by atoms with Crippen molar-refractivity contribution < 1.29 is 24.5 Å². The summed E-state index contributed by atoms with van der Waals surface area (Å²) in [5.41, 5.74) is 2.13. The number of piperidine rings is 1. The maximum absolute atomic E-state index is 12.7. The van der Waals surface area contributed by atoms with Crippen molar-refractivity contribution in [2.24, 2.45) is 5.92 Å². The topological polar surface area (TPSA) is 79.2 Å². The molecule has 1 heterocycles. The average molecular weight is 392 g/mol. The summed E-state index contributed by atoms with van der Waals surface area (Å²) >= 11 is 0. The normalized spacial score (nSPS) is 34.0. The minimum absolute atomic E-state index is 0.0687. The number of aliphatic hydroxyl groups is 2. The summed E-state index contributed by atoms with van der Waals surface area (Å²) in [6.45, 7) is 2.82. The molecular formula is C22H33NO5. The minimum Gasteiger partial charge on any atom is -0.497 e. The number of carbonyl (C=O) groups excluding carboxylic acids is 1. The Labute approximate surface area is 167 Å². The van der Waals surface area contributed by atoms with Crippen LogP contribution in [0, 0.1) is 5.92 Å². The zero-order valence-corrected chi connectivity index (χ0v) is 17.4. The molecule has 1 aliphatic heterocycles. The van der Waals surface area contributed by atoms with Crippen molar-refractivity contribution in [2.45, 2.75) is 49.7 Å². The van der Waals surface area contributed by atoms with Gasteiger partial charge in [0.2, 0.25) is 0 Å². The molecule has 6 nitrogen and oxygen atoms in total. The highest BCUT2D eigenvalue weighted by Crippen LogP contribution is 2.59. The molecule has 4 atom stereocenters. The lowest BCUT2D eigenvalue weighted by atomic mass is 9.48. The molecular weight excluding hydrogens is 358 g/mol. The quantitative estimate of drug-likeness (QED) is 0.814. The first-order chi connectivity index (χ1) is 13.4. The third-order valence-corrected chi connectivity index (χ3v) is 7.12. The van der Waals surface area contributed by atoms with Gasteiger partial charge in [0, 0.05) is 30.9 Å². The van der Waals surface area contributed by atoms with Crippen LogP contribution in [0.2, 0.25) is 0 Å². The van der Waals surface area contributed by atoms with Crippen molar-refractivity contribution in [3.05, 3.63) is 29.3 Å². The third kappa shape index (κ3) is 3.07. The number of benzene rings is 1. The Kier molecular flexibility index (Phi) is 6.15. The number of hydrogen-bond acceptors (Lipinski definition) is 6. The third-order valence-electron chi connectivity index (χ3n) is 7.12. The van der Waals surface area contributed by atoms with Crippen LogP contribution in [0.4, 0.5) is 0 Å². The SMILES string of the molecule is COc1ccc2c(c1)[C@]13CCN(C)[C@H](C2)[C@]1(OC)C[C@H](C)C(=O)C3.OCCO. The molecule has 28 heavy (non-hydrogen) atoms. The summed E-state index contributed by atoms with van der Waals surface area (Å²) in [5.74, 6) is 1.32. The summed E-state index contributed by atoms with van der Waals surface area (Å²) in [5, 5.41) is 15.2. The number of ether oxygens (including phenoxy) is 2. The van der Waals surface area contributed by atoms with Crippen molar-refractivity contribution in [3.63, 3.8) is 0 Å². The van der Waals surface area contributed by atoms with Crippen LogP contribution in [0.1, 0.15) is 37.3 Å². The molecule has 1 aromatic carbocycles. The second kappa shape index (κ2) is 8.11. The smallest absolute Gasteiger partial charge is 0.136 e. The molecule has 0 unspecified atom stereocenters. The van der Waals surface area contributed by atoms with Gasteiger partial charge in [-0.1, -0.05) is 13.0 Å². The lowest BCUT2D eigenvalue weighted by Gasteiger charge is -2.65. The van der Waals surface area contributed by atoms with E-state index in [0.29, 0.717) is 18.2 Å². The molecule has 4 rings (SSSR count). The summed E-state index contributed by atoms with van der Waals surface area (Å²) in [7, 11) is 5.75. The first-order valence-corrected chi connectivity index (χ1v) is 10.1. The number of ketones is 1. The van der Waals surface area contributed by atoms with Crippen molar-refractivity contribution in [1.29, 1.82) is 0 Å². The predicted molar refractivity (Wildman–Crippen MR) is 107 cm³/mol. The van der Waals surface area contributed by atoms with E-state index in [1.165, 1.54) is 11.1 Å². The lowest BCUT2D eigenvalue weighted by Crippen LogP contribution is -2.74. The Balaban J connectivity index is 0.000000516. The van der Waals surface area contributed by atoms with Crippen LogP contribution in [-0.4, -0.2) is 73.6 Å². The van der Waals surface area contributed by atoms with Crippen molar-refractivity contribution in [3.8, 4) is 5.75 Å². The molecule has 1 aromatic rings. The fraction of sp³-hybridized carbons (Fsp3) is 0.682. The van der Waals surface area contributed by atoms with Gasteiger partial charge in [0.1, 0.15) is 11.5 Å². The van der Waals surface area contributed by atoms with Crippen LogP contribution in [0.15, 0.2) is 18.2 Å². The maximum Gasteiger partial charge on any atom is 0.136 e. The number of likely N-dealkylation sites (tertiary alicyclic amines) is 1. The molecule has 2 aliphatic carbocycles. The molecule has 2 bridgehead atoms. The number of hydrogen-bond donors (Lipinski definition) is 2. The molecule has 2 N–H and O–H groups in total. The number of aliphatic hydroxyl groups excluding tert-OH is 2. The molecule has 0 spiro atoms. The zero-order valence-electron chi connectivity index (χ0n) is 17.4. The Hall–Kier alpha value is -1.47. The van der Waals surface area contributed by atoms with E-state index in [4.69, 9.17) is 19.7 Å². The van der Waals surface area contributed by atoms with Gasteiger partial charge in [0.15, 0.2) is 0 Å². The van der Waals surface area contributed by atoms with Crippen LogP contribution in [0.25, 0.3) is 0 Å². The van der Waals surface area contributed by atoms with Gasteiger partial charge in [-0.25, -0.2) is 0 Å². The van der Waals surface area contributed by atoms with Crippen LogP contribution in [0.3, 0.4) is 0 Å². The zero-order chi connectivity index (χ0) is 20.5. The first kappa shape index (κ1) is 21.2. The van der Waals surface area contributed by atoms with Gasteiger partial charge in [0.25, 0.3) is 0 Å². The molecule has 0 radical (unpaired) electrons. The van der Waals surface area contributed by atoms with Gasteiger partial charge in [-0.2, -0.15) is 0 Å². The number of nitrogens with zero attached hydrogens (tertiary/aromatic N) is 1. The monoisotopic (exact) mass is 391 g/mol. The summed E-state index contributed by atoms with van der Waals surface area (Å²) < 4.78 is 11.8. The minimum atomic E-state index is -0.285. The fourth-order valence-electron chi connectivity index (χ4n) is 5.73. The molecule has 2 fully saturated rings. The highest BCUT2D eigenvalue weighted by atomic mass is 16.5. The molecule has 156 valence electrons. The standard InChI is InChI=1S/C20H27NO3.C2H6O2/c1-13-11-20(24-4)18-9-14-5-6-15(23-3)10-16(14)19(20,12-17(13)22)7-8-21(18)2;3-1-2-4/h5-6,10,13,18H,7-9,11-12H2,1-4H3;3-4H,1-2H2/t13-,18+,19+,20+;/m0./s1.